The molecule has 7 nitrogen and oxygen atoms in total. The second-order valence-electron chi connectivity index (χ2n) is 3.70. The number of hydrogen-bond donors (Lipinski definition) is 1. The quantitative estimate of drug-likeness (QED) is 0.467. The molecule has 0 saturated carbocycles. The van der Waals surface area contributed by atoms with Crippen molar-refractivity contribution >= 4 is 11.8 Å². The zero-order valence-corrected chi connectivity index (χ0v) is 10.8. The predicted molar refractivity (Wildman–Crippen MR) is 64.5 cm³/mol. The second-order valence-corrected chi connectivity index (χ2v) is 3.70. The van der Waals surface area contributed by atoms with Gasteiger partial charge in [-0.15, -0.1) is 0 Å². The number of ether oxygens (including phenoxy) is 2. The van der Waals surface area contributed by atoms with E-state index < -0.39 is 12.1 Å². The molecule has 0 spiro atoms. The maximum Gasteiger partial charge on any atom is 0.337 e. The third-order valence-corrected chi connectivity index (χ3v) is 2.38. The number of methoxy groups -OCH3 is 1. The number of ketones is 1. The van der Waals surface area contributed by atoms with Crippen molar-refractivity contribution in [3.63, 3.8) is 0 Å². The predicted octanol–water partition coefficient (Wildman–Crippen LogP) is 1.01. The molecule has 0 bridgehead atoms. The minimum atomic E-state index is -0.663. The fourth-order valence-electron chi connectivity index (χ4n) is 1.24. The summed E-state index contributed by atoms with van der Waals surface area (Å²) >= 11 is 0. The maximum atomic E-state index is 11.4. The Morgan fingerprint density at radius 1 is 1.26 bits per heavy atom. The third-order valence-electron chi connectivity index (χ3n) is 2.38. The van der Waals surface area contributed by atoms with Crippen molar-refractivity contribution in [3.05, 3.63) is 23.8 Å². The van der Waals surface area contributed by atoms with Gasteiger partial charge in [-0.05, 0) is 26.0 Å². The lowest BCUT2D eigenvalue weighted by molar-refractivity contribution is -0.212. The Labute approximate surface area is 110 Å². The summed E-state index contributed by atoms with van der Waals surface area (Å²) in [5, 5.41) is 0. The first-order valence-electron chi connectivity index (χ1n) is 5.42. The van der Waals surface area contributed by atoms with Crippen molar-refractivity contribution in [3.8, 4) is 11.5 Å². The maximum absolute atomic E-state index is 11.4. The first-order valence-corrected chi connectivity index (χ1v) is 5.42. The summed E-state index contributed by atoms with van der Waals surface area (Å²) < 4.78 is 9.93. The zero-order chi connectivity index (χ0) is 14.4. The Bertz CT molecular complexity index is 473. The van der Waals surface area contributed by atoms with Crippen LogP contribution in [-0.2, 0) is 14.5 Å². The second kappa shape index (κ2) is 6.72. The summed E-state index contributed by atoms with van der Waals surface area (Å²) in [4.78, 5) is 31.3. The van der Waals surface area contributed by atoms with Gasteiger partial charge in [0.05, 0.1) is 12.7 Å². The van der Waals surface area contributed by atoms with Crippen LogP contribution in [0.3, 0.4) is 0 Å². The van der Waals surface area contributed by atoms with Crippen LogP contribution in [0.5, 0.6) is 11.5 Å². The molecule has 0 aliphatic heterocycles. The molecule has 19 heavy (non-hydrogen) atoms. The van der Waals surface area contributed by atoms with Gasteiger partial charge in [0, 0.05) is 6.07 Å². The highest BCUT2D eigenvalue weighted by Gasteiger charge is 2.16. The van der Waals surface area contributed by atoms with Crippen molar-refractivity contribution in [2.45, 2.75) is 20.0 Å². The Morgan fingerprint density at radius 3 is 2.47 bits per heavy atom. The van der Waals surface area contributed by atoms with Gasteiger partial charge in [0.2, 0.25) is 5.75 Å². The molecule has 1 rings (SSSR count). The first-order chi connectivity index (χ1) is 8.99. The summed E-state index contributed by atoms with van der Waals surface area (Å²) in [5.74, 6) is 4.40. The minimum absolute atomic E-state index is 0.0681. The van der Waals surface area contributed by atoms with Crippen molar-refractivity contribution < 1.29 is 28.9 Å². The number of esters is 1. The van der Waals surface area contributed by atoms with E-state index in [1.807, 2.05) is 0 Å². The molecule has 0 heterocycles. The molecule has 1 atom stereocenters. The highest BCUT2D eigenvalue weighted by atomic mass is 17.3. The van der Waals surface area contributed by atoms with Crippen LogP contribution >= 0.6 is 0 Å². The largest absolute Gasteiger partial charge is 0.479 e. The topological polar surface area (TPSA) is 97.1 Å². The van der Waals surface area contributed by atoms with Crippen LogP contribution < -0.4 is 15.5 Å². The molecule has 1 aromatic carbocycles. The summed E-state index contributed by atoms with van der Waals surface area (Å²) in [5.41, 5.74) is 0.234. The molecule has 0 aliphatic rings. The van der Waals surface area contributed by atoms with E-state index in [4.69, 9.17) is 10.6 Å². The molecule has 104 valence electrons. The summed E-state index contributed by atoms with van der Waals surface area (Å²) in [6.45, 7) is 2.98. The molecule has 0 aliphatic carbocycles. The van der Waals surface area contributed by atoms with Crippen LogP contribution in [-0.4, -0.2) is 25.0 Å². The van der Waals surface area contributed by atoms with Crippen molar-refractivity contribution in [1.29, 1.82) is 0 Å². The average Bonchev–Trinajstić information content (AvgIpc) is 2.39. The Hall–Kier alpha value is -2.12. The van der Waals surface area contributed by atoms with Crippen LogP contribution in [0.2, 0.25) is 0 Å². The van der Waals surface area contributed by atoms with E-state index in [-0.39, 0.29) is 22.8 Å². The van der Waals surface area contributed by atoms with E-state index in [0.717, 1.165) is 0 Å². The van der Waals surface area contributed by atoms with Gasteiger partial charge in [-0.1, -0.05) is 4.99 Å². The molecule has 1 aromatic rings. The molecular formula is C12H15NO6. The van der Waals surface area contributed by atoms with Crippen LogP contribution in [0.1, 0.15) is 24.2 Å². The first kappa shape index (κ1) is 14.9. The van der Waals surface area contributed by atoms with E-state index in [1.165, 1.54) is 32.2 Å². The summed E-state index contributed by atoms with van der Waals surface area (Å²) in [6.07, 6.45) is -0.663. The van der Waals surface area contributed by atoms with E-state index >= 15 is 0 Å². The van der Waals surface area contributed by atoms with Gasteiger partial charge in [-0.3, -0.25) is 4.79 Å². The standard InChI is InChI=1S/C12H15NO6/c1-7(14)8(2)17-10-5-4-9(12(15)16-3)6-11(10)18-19-13/h4-6,8H,13H2,1-3H3/t8-/m1/s1. The fraction of sp³-hybridized carbons (Fsp3) is 0.333. The normalized spacial score (nSPS) is 11.6. The van der Waals surface area contributed by atoms with Gasteiger partial charge in [0.1, 0.15) is 0 Å². The highest BCUT2D eigenvalue weighted by molar-refractivity contribution is 5.90. The Balaban J connectivity index is 3.03. The number of Topliss-reactive ketones (excluding diaryl/α,β-unsaturated/α-hetero) is 1. The van der Waals surface area contributed by atoms with E-state index in [0.29, 0.717) is 0 Å². The van der Waals surface area contributed by atoms with Crippen molar-refractivity contribution in [2.75, 3.05) is 7.11 Å². The van der Waals surface area contributed by atoms with Crippen LogP contribution in [0.25, 0.3) is 0 Å². The van der Waals surface area contributed by atoms with Crippen LogP contribution in [0.4, 0.5) is 0 Å². The number of nitrogens with two attached hydrogens (primary N) is 1. The van der Waals surface area contributed by atoms with Crippen LogP contribution in [0, 0.1) is 0 Å². The van der Waals surface area contributed by atoms with Gasteiger partial charge >= 0.3 is 5.97 Å². The zero-order valence-electron chi connectivity index (χ0n) is 10.8. The smallest absolute Gasteiger partial charge is 0.337 e. The minimum Gasteiger partial charge on any atom is -0.479 e. The van der Waals surface area contributed by atoms with Gasteiger partial charge in [0.15, 0.2) is 17.6 Å². The molecular weight excluding hydrogens is 254 g/mol. The molecule has 7 heteroatoms. The van der Waals surface area contributed by atoms with Crippen molar-refractivity contribution in [1.82, 2.24) is 0 Å². The SMILES string of the molecule is COC(=O)c1ccc(O[C@H](C)C(C)=O)c(OON)c1. The Kier molecular flexibility index (Phi) is 5.28. The summed E-state index contributed by atoms with van der Waals surface area (Å²) in [7, 11) is 1.25. The molecule has 0 fully saturated rings. The summed E-state index contributed by atoms with van der Waals surface area (Å²) in [6, 6.07) is 4.26. The average molecular weight is 269 g/mol. The monoisotopic (exact) mass is 269 g/mol. The van der Waals surface area contributed by atoms with Crippen molar-refractivity contribution in [2.24, 2.45) is 5.90 Å². The lowest BCUT2D eigenvalue weighted by Crippen LogP contribution is -2.21. The van der Waals surface area contributed by atoms with E-state index in [9.17, 15) is 9.59 Å². The lowest BCUT2D eigenvalue weighted by atomic mass is 10.2. The van der Waals surface area contributed by atoms with Gasteiger partial charge in [0.25, 0.3) is 0 Å². The fourth-order valence-corrected chi connectivity index (χ4v) is 1.24. The highest BCUT2D eigenvalue weighted by Crippen LogP contribution is 2.29. The lowest BCUT2D eigenvalue weighted by Gasteiger charge is -2.14. The molecule has 0 unspecified atom stereocenters. The Morgan fingerprint density at radius 2 is 1.95 bits per heavy atom. The number of benzene rings is 1. The molecule has 0 saturated heterocycles. The van der Waals surface area contributed by atoms with Gasteiger partial charge in [-0.2, -0.15) is 5.90 Å². The molecule has 0 amide bonds. The molecule has 2 N–H and O–H groups in total. The number of rotatable bonds is 6. The van der Waals surface area contributed by atoms with Gasteiger partial charge < -0.3 is 14.4 Å². The van der Waals surface area contributed by atoms with E-state index in [1.54, 1.807) is 6.92 Å². The van der Waals surface area contributed by atoms with Crippen LogP contribution in [0.15, 0.2) is 18.2 Å². The van der Waals surface area contributed by atoms with E-state index in [2.05, 4.69) is 14.6 Å². The molecule has 0 aromatic heterocycles. The third kappa shape index (κ3) is 3.94. The number of carbonyl (C=O) groups is 2. The van der Waals surface area contributed by atoms with Gasteiger partial charge in [-0.25, -0.2) is 4.79 Å². The molecule has 0 radical (unpaired) electrons. The number of hydrogen-bond acceptors (Lipinski definition) is 7. The number of carbonyl (C=O) groups excluding carboxylic acids is 2.